The molecule has 6 rings (SSSR count). The molecule has 4 heteroatoms. The van der Waals surface area contributed by atoms with Crippen molar-refractivity contribution in [3.05, 3.63) is 24.3 Å². The molecule has 2 aromatic rings. The van der Waals surface area contributed by atoms with Gasteiger partial charge in [0, 0.05) is 39.2 Å². The second-order valence-corrected chi connectivity index (χ2v) is 12.8. The first-order valence-corrected chi connectivity index (χ1v) is 14.0. The van der Waals surface area contributed by atoms with Gasteiger partial charge in [-0.3, -0.25) is 0 Å². The van der Waals surface area contributed by atoms with Gasteiger partial charge in [0.15, 0.2) is 0 Å². The molecule has 2 heterocycles. The lowest BCUT2D eigenvalue weighted by atomic mass is 9.82. The third-order valence-electron chi connectivity index (χ3n) is 8.32. The van der Waals surface area contributed by atoms with Crippen molar-refractivity contribution in [1.82, 2.24) is 0 Å². The Morgan fingerprint density at radius 1 is 0.806 bits per heavy atom. The number of rotatable bonds is 2. The number of hydrogen-bond acceptors (Lipinski definition) is 4. The molecule has 31 heavy (non-hydrogen) atoms. The zero-order chi connectivity index (χ0) is 21.1. The number of aliphatic imine (C=N–C) groups is 1. The van der Waals surface area contributed by atoms with Gasteiger partial charge in [0.05, 0.1) is 16.1 Å². The van der Waals surface area contributed by atoms with Gasteiger partial charge in [-0.25, -0.2) is 4.99 Å². The fourth-order valence-electron chi connectivity index (χ4n) is 6.23. The van der Waals surface area contributed by atoms with Crippen LogP contribution >= 0.6 is 23.5 Å². The quantitative estimate of drug-likeness (QED) is 0.456. The van der Waals surface area contributed by atoms with Gasteiger partial charge in [-0.05, 0) is 67.7 Å². The zero-order valence-corrected chi connectivity index (χ0v) is 20.7. The Kier molecular flexibility index (Phi) is 5.30. The summed E-state index contributed by atoms with van der Waals surface area (Å²) in [6, 6.07) is 9.49. The predicted molar refractivity (Wildman–Crippen MR) is 137 cm³/mol. The molecule has 0 bridgehead atoms. The highest BCUT2D eigenvalue weighted by molar-refractivity contribution is 8.14. The van der Waals surface area contributed by atoms with Crippen molar-refractivity contribution in [2.45, 2.75) is 80.4 Å². The molecule has 1 atom stereocenters. The molecule has 0 saturated heterocycles. The van der Waals surface area contributed by atoms with Crippen molar-refractivity contribution >= 4 is 50.7 Å². The van der Waals surface area contributed by atoms with Gasteiger partial charge < -0.3 is 4.90 Å². The van der Waals surface area contributed by atoms with Crippen LogP contribution in [-0.4, -0.2) is 17.5 Å². The summed E-state index contributed by atoms with van der Waals surface area (Å²) < 4.78 is 0. The second-order valence-electron chi connectivity index (χ2n) is 10.6. The summed E-state index contributed by atoms with van der Waals surface area (Å²) in [6.45, 7) is 4.82. The third-order valence-corrected chi connectivity index (χ3v) is 11.1. The smallest absolute Gasteiger partial charge is 0.0822 e. The molecule has 4 aliphatic rings. The molecule has 0 spiro atoms. The van der Waals surface area contributed by atoms with Gasteiger partial charge in [0.1, 0.15) is 0 Å². The minimum Gasteiger partial charge on any atom is -0.361 e. The molecule has 1 unspecified atom stereocenters. The van der Waals surface area contributed by atoms with Crippen molar-refractivity contribution in [2.75, 3.05) is 11.9 Å². The topological polar surface area (TPSA) is 15.6 Å². The molecule has 2 saturated carbocycles. The fourth-order valence-corrected chi connectivity index (χ4v) is 8.92. The standard InChI is InChI=1S/C27H34N2S2/c1-16-4-8-18(9-5-16)26-28-20-12-14-23-25-21(13-15-22(30-26)24(20)25)29(3)27(31-23)19-10-6-17(2)7-11-19/h12-19,27H,4-11H2,1-3H3. The maximum absolute atomic E-state index is 5.25. The van der Waals surface area contributed by atoms with Crippen molar-refractivity contribution in [3.63, 3.8) is 0 Å². The van der Waals surface area contributed by atoms with Crippen molar-refractivity contribution in [2.24, 2.45) is 28.7 Å². The SMILES string of the molecule is CC1CCC(C2=Nc3ccc4c5c(ccc(c35)S2)N(C)C(C2CCC(C)CC2)S4)CC1. The Hall–Kier alpha value is -1.13. The lowest BCUT2D eigenvalue weighted by molar-refractivity contribution is 0.283. The molecule has 0 N–H and O–H groups in total. The van der Waals surface area contributed by atoms with E-state index < -0.39 is 0 Å². The van der Waals surface area contributed by atoms with E-state index in [9.17, 15) is 0 Å². The monoisotopic (exact) mass is 450 g/mol. The molecular formula is C27H34N2S2. The third kappa shape index (κ3) is 3.53. The molecule has 2 aliphatic heterocycles. The Labute approximate surface area is 195 Å². The first-order valence-electron chi connectivity index (χ1n) is 12.3. The largest absolute Gasteiger partial charge is 0.361 e. The summed E-state index contributed by atoms with van der Waals surface area (Å²) in [5.74, 6) is 3.25. The van der Waals surface area contributed by atoms with Gasteiger partial charge in [0.2, 0.25) is 0 Å². The maximum Gasteiger partial charge on any atom is 0.0822 e. The van der Waals surface area contributed by atoms with Crippen LogP contribution in [0.1, 0.15) is 65.2 Å². The van der Waals surface area contributed by atoms with Crippen LogP contribution in [0.3, 0.4) is 0 Å². The van der Waals surface area contributed by atoms with Crippen LogP contribution in [0, 0.1) is 23.7 Å². The number of hydrogen-bond donors (Lipinski definition) is 0. The Bertz CT molecular complexity index is 1030. The predicted octanol–water partition coefficient (Wildman–Crippen LogP) is 8.50. The van der Waals surface area contributed by atoms with E-state index in [1.54, 1.807) is 0 Å². The zero-order valence-electron chi connectivity index (χ0n) is 19.1. The highest BCUT2D eigenvalue weighted by Gasteiger charge is 2.36. The van der Waals surface area contributed by atoms with Crippen molar-refractivity contribution < 1.29 is 0 Å². The maximum atomic E-state index is 5.25. The average Bonchev–Trinajstić information content (AvgIpc) is 2.79. The summed E-state index contributed by atoms with van der Waals surface area (Å²) in [6.07, 6.45) is 10.9. The van der Waals surface area contributed by atoms with Crippen LogP contribution in [0.2, 0.25) is 0 Å². The number of benzene rings is 2. The molecular weight excluding hydrogens is 416 g/mol. The number of thioether (sulfide) groups is 2. The Morgan fingerprint density at radius 2 is 1.48 bits per heavy atom. The van der Waals surface area contributed by atoms with Crippen LogP contribution < -0.4 is 4.90 Å². The van der Waals surface area contributed by atoms with Crippen LogP contribution in [0.15, 0.2) is 39.0 Å². The highest BCUT2D eigenvalue weighted by Crippen LogP contribution is 2.54. The van der Waals surface area contributed by atoms with Crippen LogP contribution in [0.25, 0.3) is 10.8 Å². The normalized spacial score (nSPS) is 32.8. The summed E-state index contributed by atoms with van der Waals surface area (Å²) in [5, 5.41) is 4.80. The van der Waals surface area contributed by atoms with Gasteiger partial charge in [-0.2, -0.15) is 0 Å². The van der Waals surface area contributed by atoms with Crippen molar-refractivity contribution in [1.29, 1.82) is 0 Å². The van der Waals surface area contributed by atoms with Crippen LogP contribution in [-0.2, 0) is 0 Å². The first kappa shape index (κ1) is 20.5. The first-order chi connectivity index (χ1) is 15.1. The highest BCUT2D eigenvalue weighted by atomic mass is 32.2. The molecule has 0 amide bonds. The summed E-state index contributed by atoms with van der Waals surface area (Å²) in [7, 11) is 2.33. The molecule has 0 aromatic heterocycles. The van der Waals surface area contributed by atoms with E-state index in [2.05, 4.69) is 61.8 Å². The minimum atomic E-state index is 0.568. The molecule has 164 valence electrons. The van der Waals surface area contributed by atoms with E-state index in [4.69, 9.17) is 4.99 Å². The Morgan fingerprint density at radius 3 is 2.23 bits per heavy atom. The van der Waals surface area contributed by atoms with E-state index in [-0.39, 0.29) is 0 Å². The molecule has 2 aliphatic carbocycles. The van der Waals surface area contributed by atoms with E-state index in [0.717, 1.165) is 17.8 Å². The lowest BCUT2D eigenvalue weighted by Gasteiger charge is -2.42. The van der Waals surface area contributed by atoms with Crippen LogP contribution in [0.4, 0.5) is 11.4 Å². The van der Waals surface area contributed by atoms with E-state index in [1.807, 2.05) is 11.8 Å². The number of nitrogens with zero attached hydrogens (tertiary/aromatic N) is 2. The molecule has 0 radical (unpaired) electrons. The molecule has 2 aromatic carbocycles. The Balaban J connectivity index is 1.36. The van der Waals surface area contributed by atoms with Gasteiger partial charge in [-0.1, -0.05) is 51.3 Å². The summed E-state index contributed by atoms with van der Waals surface area (Å²) in [4.78, 5) is 10.7. The summed E-state index contributed by atoms with van der Waals surface area (Å²) in [5.41, 5.74) is 2.63. The van der Waals surface area contributed by atoms with Gasteiger partial charge in [-0.15, -0.1) is 11.8 Å². The molecule has 2 nitrogen and oxygen atoms in total. The van der Waals surface area contributed by atoms with Gasteiger partial charge in [0.25, 0.3) is 0 Å². The fraction of sp³-hybridized carbons (Fsp3) is 0.593. The van der Waals surface area contributed by atoms with E-state index in [0.29, 0.717) is 11.3 Å². The molecule has 2 fully saturated rings. The van der Waals surface area contributed by atoms with Crippen LogP contribution in [0.5, 0.6) is 0 Å². The lowest BCUT2D eigenvalue weighted by Crippen LogP contribution is -2.38. The summed E-state index contributed by atoms with van der Waals surface area (Å²) >= 11 is 4.08. The van der Waals surface area contributed by atoms with Gasteiger partial charge >= 0.3 is 0 Å². The van der Waals surface area contributed by atoms with E-state index in [1.165, 1.54) is 88.3 Å². The number of anilines is 1. The van der Waals surface area contributed by atoms with E-state index >= 15 is 0 Å². The minimum absolute atomic E-state index is 0.568. The average molecular weight is 451 g/mol. The van der Waals surface area contributed by atoms with Crippen molar-refractivity contribution in [3.8, 4) is 0 Å². The second kappa shape index (κ2) is 8.02.